The SMILES string of the molecule is CCn1cncc1CNC=O. The number of carbonyl (C=O) groups excluding carboxylic acids is 1. The molecule has 0 saturated heterocycles. The number of hydrogen-bond acceptors (Lipinski definition) is 2. The molecule has 4 nitrogen and oxygen atoms in total. The first-order valence-corrected chi connectivity index (χ1v) is 3.54. The maximum atomic E-state index is 9.96. The predicted molar refractivity (Wildman–Crippen MR) is 40.8 cm³/mol. The number of carbonyl (C=O) groups is 1. The quantitative estimate of drug-likeness (QED) is 0.626. The molecule has 1 amide bonds. The minimum Gasteiger partial charge on any atom is -0.353 e. The Morgan fingerprint density at radius 1 is 1.82 bits per heavy atom. The highest BCUT2D eigenvalue weighted by Gasteiger charge is 1.97. The van der Waals surface area contributed by atoms with Gasteiger partial charge in [0.2, 0.25) is 6.41 Å². The molecule has 0 bridgehead atoms. The lowest BCUT2D eigenvalue weighted by atomic mass is 10.4. The molecule has 11 heavy (non-hydrogen) atoms. The zero-order valence-corrected chi connectivity index (χ0v) is 6.45. The van der Waals surface area contributed by atoms with Gasteiger partial charge in [0.05, 0.1) is 18.6 Å². The lowest BCUT2D eigenvalue weighted by molar-refractivity contribution is -0.109. The van der Waals surface area contributed by atoms with E-state index in [0.717, 1.165) is 12.2 Å². The van der Waals surface area contributed by atoms with Crippen LogP contribution in [0.3, 0.4) is 0 Å². The van der Waals surface area contributed by atoms with Gasteiger partial charge in [-0.3, -0.25) is 4.79 Å². The molecule has 0 fully saturated rings. The van der Waals surface area contributed by atoms with Crippen molar-refractivity contribution in [3.8, 4) is 0 Å². The Morgan fingerprint density at radius 2 is 2.64 bits per heavy atom. The highest BCUT2D eigenvalue weighted by atomic mass is 16.1. The first kappa shape index (κ1) is 7.78. The van der Waals surface area contributed by atoms with Crippen LogP contribution >= 0.6 is 0 Å². The van der Waals surface area contributed by atoms with Gasteiger partial charge in [-0.05, 0) is 6.92 Å². The number of imidazole rings is 1. The Morgan fingerprint density at radius 3 is 3.27 bits per heavy atom. The van der Waals surface area contributed by atoms with Crippen LogP contribution in [-0.4, -0.2) is 16.0 Å². The first-order valence-electron chi connectivity index (χ1n) is 3.54. The summed E-state index contributed by atoms with van der Waals surface area (Å²) in [6.07, 6.45) is 4.19. The standard InChI is InChI=1S/C7H11N3O/c1-2-10-5-8-3-7(10)4-9-6-11/h3,5-6H,2,4H2,1H3,(H,9,11). The topological polar surface area (TPSA) is 46.9 Å². The summed E-state index contributed by atoms with van der Waals surface area (Å²) in [5, 5.41) is 2.58. The van der Waals surface area contributed by atoms with E-state index in [1.807, 2.05) is 11.5 Å². The second-order valence-corrected chi connectivity index (χ2v) is 2.17. The van der Waals surface area contributed by atoms with Crippen LogP contribution in [0.15, 0.2) is 12.5 Å². The third-order valence-electron chi connectivity index (χ3n) is 1.51. The van der Waals surface area contributed by atoms with Crippen molar-refractivity contribution in [1.29, 1.82) is 0 Å². The number of aryl methyl sites for hydroxylation is 1. The van der Waals surface area contributed by atoms with E-state index in [0.29, 0.717) is 13.0 Å². The van der Waals surface area contributed by atoms with Crippen LogP contribution in [0.2, 0.25) is 0 Å². The van der Waals surface area contributed by atoms with E-state index < -0.39 is 0 Å². The van der Waals surface area contributed by atoms with Gasteiger partial charge < -0.3 is 9.88 Å². The van der Waals surface area contributed by atoms with Crippen molar-refractivity contribution >= 4 is 6.41 Å². The van der Waals surface area contributed by atoms with Gasteiger partial charge in [-0.2, -0.15) is 0 Å². The van der Waals surface area contributed by atoms with Gasteiger partial charge in [-0.25, -0.2) is 4.98 Å². The maximum Gasteiger partial charge on any atom is 0.207 e. The predicted octanol–water partition coefficient (Wildman–Crippen LogP) is 0.149. The summed E-state index contributed by atoms with van der Waals surface area (Å²) in [7, 11) is 0. The van der Waals surface area contributed by atoms with Gasteiger partial charge >= 0.3 is 0 Å². The van der Waals surface area contributed by atoms with Crippen LogP contribution < -0.4 is 5.32 Å². The van der Waals surface area contributed by atoms with Crippen molar-refractivity contribution in [2.45, 2.75) is 20.0 Å². The van der Waals surface area contributed by atoms with Crippen molar-refractivity contribution in [3.63, 3.8) is 0 Å². The van der Waals surface area contributed by atoms with Crippen molar-refractivity contribution in [3.05, 3.63) is 18.2 Å². The zero-order valence-electron chi connectivity index (χ0n) is 6.45. The zero-order chi connectivity index (χ0) is 8.10. The van der Waals surface area contributed by atoms with E-state index in [-0.39, 0.29) is 0 Å². The Hall–Kier alpha value is -1.32. The fourth-order valence-corrected chi connectivity index (χ4v) is 0.926. The molecule has 1 rings (SSSR count). The molecule has 1 N–H and O–H groups in total. The molecular weight excluding hydrogens is 142 g/mol. The van der Waals surface area contributed by atoms with Crippen LogP contribution in [0, 0.1) is 0 Å². The number of rotatable bonds is 4. The molecular formula is C7H11N3O. The smallest absolute Gasteiger partial charge is 0.207 e. The minimum absolute atomic E-state index is 0.553. The number of nitrogens with one attached hydrogen (secondary N) is 1. The van der Waals surface area contributed by atoms with Gasteiger partial charge in [-0.15, -0.1) is 0 Å². The fraction of sp³-hybridized carbons (Fsp3) is 0.429. The first-order chi connectivity index (χ1) is 5.38. The number of hydrogen-bond donors (Lipinski definition) is 1. The third kappa shape index (κ3) is 1.80. The molecule has 0 spiro atoms. The molecule has 1 aromatic heterocycles. The Bertz CT molecular complexity index is 231. The lowest BCUT2D eigenvalue weighted by Gasteiger charge is -2.02. The lowest BCUT2D eigenvalue weighted by Crippen LogP contribution is -2.13. The summed E-state index contributed by atoms with van der Waals surface area (Å²) < 4.78 is 1.98. The van der Waals surface area contributed by atoms with E-state index in [1.54, 1.807) is 12.5 Å². The molecule has 0 unspecified atom stereocenters. The summed E-state index contributed by atoms with van der Waals surface area (Å²) in [5.74, 6) is 0. The fourth-order valence-electron chi connectivity index (χ4n) is 0.926. The molecule has 0 aliphatic carbocycles. The van der Waals surface area contributed by atoms with Gasteiger partial charge in [0.25, 0.3) is 0 Å². The summed E-state index contributed by atoms with van der Waals surface area (Å²) >= 11 is 0. The molecule has 0 saturated carbocycles. The molecule has 0 radical (unpaired) electrons. The summed E-state index contributed by atoms with van der Waals surface area (Å²) in [4.78, 5) is 13.9. The Balaban J connectivity index is 2.60. The van der Waals surface area contributed by atoms with Crippen LogP contribution in [0.5, 0.6) is 0 Å². The molecule has 0 atom stereocenters. The summed E-state index contributed by atoms with van der Waals surface area (Å²) in [5.41, 5.74) is 1.03. The van der Waals surface area contributed by atoms with E-state index >= 15 is 0 Å². The normalized spacial score (nSPS) is 9.55. The molecule has 60 valence electrons. The van der Waals surface area contributed by atoms with E-state index in [9.17, 15) is 4.79 Å². The van der Waals surface area contributed by atoms with Gasteiger partial charge in [0.1, 0.15) is 0 Å². The van der Waals surface area contributed by atoms with Crippen molar-refractivity contribution in [2.24, 2.45) is 0 Å². The van der Waals surface area contributed by atoms with E-state index in [4.69, 9.17) is 0 Å². The molecule has 4 heteroatoms. The third-order valence-corrected chi connectivity index (χ3v) is 1.51. The highest BCUT2D eigenvalue weighted by molar-refractivity contribution is 5.45. The van der Waals surface area contributed by atoms with Gasteiger partial charge in [0.15, 0.2) is 0 Å². The van der Waals surface area contributed by atoms with Crippen LogP contribution in [0.1, 0.15) is 12.6 Å². The molecule has 1 heterocycles. The number of amides is 1. The van der Waals surface area contributed by atoms with Crippen LogP contribution in [0.4, 0.5) is 0 Å². The van der Waals surface area contributed by atoms with Gasteiger partial charge in [0, 0.05) is 12.7 Å². The summed E-state index contributed by atoms with van der Waals surface area (Å²) in [6, 6.07) is 0. The molecule has 0 aromatic carbocycles. The number of nitrogens with zero attached hydrogens (tertiary/aromatic N) is 2. The van der Waals surface area contributed by atoms with E-state index in [1.165, 1.54) is 0 Å². The Labute approximate surface area is 65.2 Å². The van der Waals surface area contributed by atoms with Crippen molar-refractivity contribution in [2.75, 3.05) is 0 Å². The highest BCUT2D eigenvalue weighted by Crippen LogP contribution is 1.96. The van der Waals surface area contributed by atoms with Crippen LogP contribution in [0.25, 0.3) is 0 Å². The van der Waals surface area contributed by atoms with Crippen molar-refractivity contribution in [1.82, 2.24) is 14.9 Å². The monoisotopic (exact) mass is 153 g/mol. The average molecular weight is 153 g/mol. The van der Waals surface area contributed by atoms with E-state index in [2.05, 4.69) is 10.3 Å². The number of aromatic nitrogens is 2. The second kappa shape index (κ2) is 3.75. The molecule has 0 aliphatic heterocycles. The van der Waals surface area contributed by atoms with Crippen molar-refractivity contribution < 1.29 is 4.79 Å². The maximum absolute atomic E-state index is 9.96. The molecule has 1 aromatic rings. The second-order valence-electron chi connectivity index (χ2n) is 2.17. The van der Waals surface area contributed by atoms with Crippen LogP contribution in [-0.2, 0) is 17.9 Å². The Kier molecular flexibility index (Phi) is 2.66. The molecule has 0 aliphatic rings. The average Bonchev–Trinajstić information content (AvgIpc) is 2.47. The van der Waals surface area contributed by atoms with Gasteiger partial charge in [-0.1, -0.05) is 0 Å². The largest absolute Gasteiger partial charge is 0.353 e. The minimum atomic E-state index is 0.553. The summed E-state index contributed by atoms with van der Waals surface area (Å²) in [6.45, 7) is 3.47.